The Morgan fingerprint density at radius 1 is 1.39 bits per heavy atom. The molecule has 1 unspecified atom stereocenters. The van der Waals surface area contributed by atoms with Gasteiger partial charge < -0.3 is 30.0 Å². The van der Waals surface area contributed by atoms with Crippen molar-refractivity contribution in [2.24, 2.45) is 5.41 Å². The second-order valence-electron chi connectivity index (χ2n) is 9.34. The predicted molar refractivity (Wildman–Crippen MR) is 138 cm³/mol. The molecule has 1 aromatic rings. The van der Waals surface area contributed by atoms with Crippen LogP contribution in [0.2, 0.25) is 0 Å². The van der Waals surface area contributed by atoms with Crippen LogP contribution in [0.5, 0.6) is 0 Å². The Kier molecular flexibility index (Phi) is 11.8. The van der Waals surface area contributed by atoms with Crippen LogP contribution in [0.4, 0.5) is 10.5 Å². The average Bonchev–Trinajstić information content (AvgIpc) is 2.86. The zero-order valence-electron chi connectivity index (χ0n) is 21.0. The number of nitrogens with zero attached hydrogens (tertiary/aromatic N) is 2. The summed E-state index contributed by atoms with van der Waals surface area (Å²) in [4.78, 5) is 12.4. The Balaban J connectivity index is 2.22. The van der Waals surface area contributed by atoms with Crippen molar-refractivity contribution in [3.8, 4) is 6.07 Å². The van der Waals surface area contributed by atoms with Crippen LogP contribution in [0.25, 0.3) is 0 Å². The first-order valence-electron chi connectivity index (χ1n) is 11.7. The predicted octanol–water partition coefficient (Wildman–Crippen LogP) is 1.75. The second kappa shape index (κ2) is 14.1. The number of nitrogens with one attached hydrogen (secondary N) is 2. The van der Waals surface area contributed by atoms with E-state index < -0.39 is 39.8 Å². The van der Waals surface area contributed by atoms with Crippen molar-refractivity contribution in [1.29, 1.82) is 5.26 Å². The molecular weight excluding hydrogens is 507 g/mol. The van der Waals surface area contributed by atoms with Crippen molar-refractivity contribution in [2.45, 2.75) is 49.8 Å². The van der Waals surface area contributed by atoms with Crippen molar-refractivity contribution in [2.75, 3.05) is 51.6 Å². The van der Waals surface area contributed by atoms with Crippen molar-refractivity contribution in [1.82, 2.24) is 9.62 Å². The van der Waals surface area contributed by atoms with Gasteiger partial charge in [-0.3, -0.25) is 0 Å². The molecule has 0 saturated carbocycles. The molecule has 1 amide bonds. The third kappa shape index (κ3) is 9.14. The van der Waals surface area contributed by atoms with Gasteiger partial charge in [-0.05, 0) is 36.2 Å². The minimum atomic E-state index is -4.01. The lowest BCUT2D eigenvalue weighted by atomic mass is 9.88. The van der Waals surface area contributed by atoms with Gasteiger partial charge in [0.2, 0.25) is 10.0 Å². The van der Waals surface area contributed by atoms with Gasteiger partial charge in [-0.1, -0.05) is 19.9 Å². The number of amides is 1. The number of rotatable bonds is 13. The molecule has 1 aromatic carbocycles. The maximum atomic E-state index is 13.7. The molecule has 36 heavy (non-hydrogen) atoms. The Morgan fingerprint density at radius 2 is 2.08 bits per heavy atom. The van der Waals surface area contributed by atoms with E-state index in [9.17, 15) is 18.3 Å². The van der Waals surface area contributed by atoms with E-state index in [2.05, 4.69) is 25.9 Å². The van der Waals surface area contributed by atoms with Crippen molar-refractivity contribution < 1.29 is 32.5 Å². The first kappa shape index (κ1) is 30.2. The van der Waals surface area contributed by atoms with Gasteiger partial charge in [-0.2, -0.15) is 9.57 Å². The maximum absolute atomic E-state index is 13.7. The van der Waals surface area contributed by atoms with Crippen LogP contribution in [0.15, 0.2) is 29.2 Å². The van der Waals surface area contributed by atoms with Crippen LogP contribution in [0.1, 0.15) is 26.7 Å². The third-order valence-corrected chi connectivity index (χ3v) is 8.05. The number of benzene rings is 1. The number of alkyl carbamates (subject to hydrolysis) is 1. The molecule has 0 radical (unpaired) electrons. The zero-order chi connectivity index (χ0) is 26.8. The van der Waals surface area contributed by atoms with Gasteiger partial charge in [-0.15, -0.1) is 9.24 Å². The average molecular weight is 545 g/mol. The highest BCUT2D eigenvalue weighted by molar-refractivity contribution is 7.89. The van der Waals surface area contributed by atoms with Gasteiger partial charge >= 0.3 is 6.09 Å². The summed E-state index contributed by atoms with van der Waals surface area (Å²) in [6.45, 7) is 4.11. The van der Waals surface area contributed by atoms with Crippen LogP contribution in [0, 0.1) is 16.7 Å². The van der Waals surface area contributed by atoms with Crippen molar-refractivity contribution in [3.05, 3.63) is 24.3 Å². The second-order valence-corrected chi connectivity index (χ2v) is 11.7. The Hall–Kier alpha value is -2.00. The maximum Gasteiger partial charge on any atom is 0.407 e. The topological polar surface area (TPSA) is 150 Å². The van der Waals surface area contributed by atoms with Gasteiger partial charge in [0.25, 0.3) is 0 Å². The number of ether oxygens (including phenoxy) is 3. The summed E-state index contributed by atoms with van der Waals surface area (Å²) < 4.78 is 44.0. The molecule has 1 heterocycles. The lowest BCUT2D eigenvalue weighted by Gasteiger charge is -2.34. The van der Waals surface area contributed by atoms with E-state index in [1.54, 1.807) is 19.2 Å². The SMILES string of the molecule is CNc1cccc(S(=O)(=O)N(C[C@@H](O)[C@H](CP)NC(=O)OC2COCOC2)CC(C)(C)CCC#N)c1. The Bertz CT molecular complexity index is 996. The monoisotopic (exact) mass is 544 g/mol. The molecule has 13 heteroatoms. The van der Waals surface area contributed by atoms with E-state index in [1.165, 1.54) is 16.4 Å². The zero-order valence-corrected chi connectivity index (χ0v) is 22.9. The summed E-state index contributed by atoms with van der Waals surface area (Å²) in [6.07, 6.45) is -1.55. The van der Waals surface area contributed by atoms with Gasteiger partial charge in [-0.25, -0.2) is 13.2 Å². The smallest absolute Gasteiger partial charge is 0.407 e. The summed E-state index contributed by atoms with van der Waals surface area (Å²) in [5.41, 5.74) is 0.0932. The minimum Gasteiger partial charge on any atom is -0.441 e. The van der Waals surface area contributed by atoms with E-state index in [-0.39, 0.29) is 50.6 Å². The lowest BCUT2D eigenvalue weighted by molar-refractivity contribution is -0.151. The van der Waals surface area contributed by atoms with E-state index in [0.717, 1.165) is 0 Å². The molecule has 1 aliphatic heterocycles. The fourth-order valence-electron chi connectivity index (χ4n) is 3.68. The van der Waals surface area contributed by atoms with Crippen LogP contribution >= 0.6 is 9.24 Å². The number of anilines is 1. The van der Waals surface area contributed by atoms with E-state index in [0.29, 0.717) is 12.1 Å². The van der Waals surface area contributed by atoms with Gasteiger partial charge in [0, 0.05) is 32.2 Å². The van der Waals surface area contributed by atoms with Gasteiger partial charge in [0.1, 0.15) is 6.79 Å². The molecule has 0 bridgehead atoms. The highest BCUT2D eigenvalue weighted by atomic mass is 32.2. The van der Waals surface area contributed by atoms with Crippen LogP contribution in [-0.2, 0) is 24.2 Å². The minimum absolute atomic E-state index is 0.0721. The van der Waals surface area contributed by atoms with E-state index in [4.69, 9.17) is 19.5 Å². The number of nitriles is 1. The summed E-state index contributed by atoms with van der Waals surface area (Å²) in [6, 6.07) is 7.70. The summed E-state index contributed by atoms with van der Waals surface area (Å²) in [5.74, 6) is 0. The number of hydrogen-bond donors (Lipinski definition) is 3. The standard InChI is InChI=1S/C23H37N4O7PS/c1-23(2,8-5-9-24)15-27(36(30,31)19-7-4-6-17(10-19)25-3)11-21(28)20(14-35)26-22(29)34-18-12-32-16-33-13-18/h4,6-7,10,18,20-21,25,28H,5,8,11-16,35H2,1-3H3,(H,26,29)/t20-,21+/m0/s1. The van der Waals surface area contributed by atoms with Crippen molar-refractivity contribution in [3.63, 3.8) is 0 Å². The highest BCUT2D eigenvalue weighted by Gasteiger charge is 2.34. The lowest BCUT2D eigenvalue weighted by Crippen LogP contribution is -2.52. The third-order valence-electron chi connectivity index (χ3n) is 5.74. The molecule has 11 nitrogen and oxygen atoms in total. The summed E-state index contributed by atoms with van der Waals surface area (Å²) in [5, 5.41) is 25.6. The molecule has 0 aromatic heterocycles. The number of sulfonamides is 1. The van der Waals surface area contributed by atoms with E-state index in [1.807, 2.05) is 13.8 Å². The molecule has 2 rings (SSSR count). The Morgan fingerprint density at radius 3 is 2.69 bits per heavy atom. The normalized spacial score (nSPS) is 16.7. The summed E-state index contributed by atoms with van der Waals surface area (Å²) >= 11 is 0. The number of carbonyl (C=O) groups excluding carboxylic acids is 1. The fourth-order valence-corrected chi connectivity index (χ4v) is 5.80. The summed E-state index contributed by atoms with van der Waals surface area (Å²) in [7, 11) is 0.120. The number of aliphatic hydroxyl groups excluding tert-OH is 1. The van der Waals surface area contributed by atoms with Crippen LogP contribution in [-0.4, -0.2) is 88.5 Å². The molecule has 0 aliphatic carbocycles. The fraction of sp³-hybridized carbons (Fsp3) is 0.652. The van der Waals surface area contributed by atoms with Crippen molar-refractivity contribution >= 4 is 31.0 Å². The molecular formula is C23H37N4O7PS. The number of hydrogen-bond acceptors (Lipinski definition) is 9. The first-order chi connectivity index (χ1) is 17.0. The quantitative estimate of drug-likeness (QED) is 0.316. The highest BCUT2D eigenvalue weighted by Crippen LogP contribution is 2.28. The molecule has 3 N–H and O–H groups in total. The molecule has 3 atom stereocenters. The first-order valence-corrected chi connectivity index (χ1v) is 13.9. The number of carbonyl (C=O) groups is 1. The van der Waals surface area contributed by atoms with Gasteiger partial charge in [0.15, 0.2) is 6.10 Å². The molecule has 1 fully saturated rings. The molecule has 1 saturated heterocycles. The van der Waals surface area contributed by atoms with Crippen LogP contribution in [0.3, 0.4) is 0 Å². The van der Waals surface area contributed by atoms with Gasteiger partial charge in [0.05, 0.1) is 36.3 Å². The Labute approximate surface area is 215 Å². The molecule has 202 valence electrons. The van der Waals surface area contributed by atoms with E-state index >= 15 is 0 Å². The largest absolute Gasteiger partial charge is 0.441 e. The molecule has 1 aliphatic rings. The number of aliphatic hydroxyl groups is 1. The molecule has 0 spiro atoms. The van der Waals surface area contributed by atoms with Crippen LogP contribution < -0.4 is 10.6 Å².